The summed E-state index contributed by atoms with van der Waals surface area (Å²) in [6.07, 6.45) is 6.35. The lowest BCUT2D eigenvalue weighted by Crippen LogP contribution is -2.31. The number of hydrogen-bond acceptors (Lipinski definition) is 2. The van der Waals surface area contributed by atoms with E-state index in [-0.39, 0.29) is 23.7 Å². The number of rotatable bonds is 15. The van der Waals surface area contributed by atoms with Crippen LogP contribution in [0.15, 0.2) is 121 Å². The van der Waals surface area contributed by atoms with Crippen molar-refractivity contribution in [3.05, 3.63) is 144 Å². The van der Waals surface area contributed by atoms with E-state index in [1.54, 1.807) is 0 Å². The van der Waals surface area contributed by atoms with E-state index in [1.165, 1.54) is 0 Å². The number of hydrogen-bond donors (Lipinski definition) is 2. The van der Waals surface area contributed by atoms with Crippen LogP contribution in [0.4, 0.5) is 0 Å². The monoisotopic (exact) mass is 532 g/mol. The predicted molar refractivity (Wildman–Crippen MR) is 163 cm³/mol. The average Bonchev–Trinajstić information content (AvgIpc) is 3.00. The molecular formula is C36H40N2O2. The molecule has 0 saturated carbocycles. The van der Waals surface area contributed by atoms with E-state index >= 15 is 0 Å². The van der Waals surface area contributed by atoms with Gasteiger partial charge in [-0.3, -0.25) is 9.59 Å². The Hall–Kier alpha value is -4.18. The van der Waals surface area contributed by atoms with Crippen LogP contribution in [-0.4, -0.2) is 24.9 Å². The molecule has 4 aromatic carbocycles. The molecule has 0 aliphatic rings. The molecule has 0 atom stereocenters. The fourth-order valence-corrected chi connectivity index (χ4v) is 5.16. The molecule has 0 aliphatic heterocycles. The molecule has 4 aromatic rings. The molecular weight excluding hydrogens is 492 g/mol. The number of amides is 2. The summed E-state index contributed by atoms with van der Waals surface area (Å²) < 4.78 is 0. The Bertz CT molecular complexity index is 1100. The summed E-state index contributed by atoms with van der Waals surface area (Å²) in [6.45, 7) is 1.37. The van der Waals surface area contributed by atoms with Crippen LogP contribution in [0.3, 0.4) is 0 Å². The largest absolute Gasteiger partial charge is 0.355 e. The molecule has 0 saturated heterocycles. The molecule has 40 heavy (non-hydrogen) atoms. The lowest BCUT2D eigenvalue weighted by Gasteiger charge is -2.18. The van der Waals surface area contributed by atoms with Gasteiger partial charge >= 0.3 is 0 Å². The van der Waals surface area contributed by atoms with Gasteiger partial charge < -0.3 is 10.6 Å². The zero-order valence-corrected chi connectivity index (χ0v) is 23.2. The summed E-state index contributed by atoms with van der Waals surface area (Å²) in [5, 5.41) is 6.31. The highest BCUT2D eigenvalue weighted by Crippen LogP contribution is 2.26. The van der Waals surface area contributed by atoms with Crippen LogP contribution in [-0.2, 0) is 9.59 Å². The average molecular weight is 533 g/mol. The molecule has 2 N–H and O–H groups in total. The smallest absolute Gasteiger partial charge is 0.232 e. The van der Waals surface area contributed by atoms with Gasteiger partial charge in [-0.1, -0.05) is 147 Å². The first-order valence-electron chi connectivity index (χ1n) is 14.5. The van der Waals surface area contributed by atoms with Gasteiger partial charge in [0.05, 0.1) is 11.8 Å². The first-order valence-corrected chi connectivity index (χ1v) is 14.5. The quantitative estimate of drug-likeness (QED) is 0.159. The van der Waals surface area contributed by atoms with Crippen molar-refractivity contribution >= 4 is 11.8 Å². The second-order valence-electron chi connectivity index (χ2n) is 10.2. The third-order valence-corrected chi connectivity index (χ3v) is 7.26. The number of carbonyl (C=O) groups is 2. The van der Waals surface area contributed by atoms with Gasteiger partial charge in [-0.25, -0.2) is 0 Å². The van der Waals surface area contributed by atoms with Crippen LogP contribution >= 0.6 is 0 Å². The topological polar surface area (TPSA) is 58.2 Å². The molecule has 2 amide bonds. The Labute approximate surface area is 238 Å². The van der Waals surface area contributed by atoms with Gasteiger partial charge in [0.2, 0.25) is 11.8 Å². The van der Waals surface area contributed by atoms with E-state index in [9.17, 15) is 9.59 Å². The van der Waals surface area contributed by atoms with Crippen molar-refractivity contribution in [2.75, 3.05) is 13.1 Å². The van der Waals surface area contributed by atoms with Crippen molar-refractivity contribution < 1.29 is 9.59 Å². The van der Waals surface area contributed by atoms with Gasteiger partial charge in [-0.05, 0) is 35.1 Å². The van der Waals surface area contributed by atoms with Crippen LogP contribution in [0.5, 0.6) is 0 Å². The summed E-state index contributed by atoms with van der Waals surface area (Å²) >= 11 is 0. The fraction of sp³-hybridized carbons (Fsp3) is 0.278. The van der Waals surface area contributed by atoms with Gasteiger partial charge in [0.1, 0.15) is 0 Å². The minimum Gasteiger partial charge on any atom is -0.355 e. The van der Waals surface area contributed by atoms with Crippen LogP contribution < -0.4 is 10.6 Å². The summed E-state index contributed by atoms with van der Waals surface area (Å²) in [6, 6.07) is 39.9. The van der Waals surface area contributed by atoms with E-state index in [0.717, 1.165) is 60.8 Å². The Morgan fingerprint density at radius 2 is 0.650 bits per heavy atom. The maximum atomic E-state index is 13.1. The summed E-state index contributed by atoms with van der Waals surface area (Å²) in [4.78, 5) is 26.2. The van der Waals surface area contributed by atoms with Crippen molar-refractivity contribution in [2.45, 2.75) is 50.4 Å². The van der Waals surface area contributed by atoms with Gasteiger partial charge in [-0.15, -0.1) is 0 Å². The number of nitrogens with one attached hydrogen (secondary N) is 2. The number of benzene rings is 4. The molecule has 0 aromatic heterocycles. The summed E-state index contributed by atoms with van der Waals surface area (Å²) in [7, 11) is 0. The summed E-state index contributed by atoms with van der Waals surface area (Å²) in [5.41, 5.74) is 4.04. The van der Waals surface area contributed by atoms with Crippen molar-refractivity contribution in [2.24, 2.45) is 0 Å². The second kappa shape index (κ2) is 16.0. The minimum atomic E-state index is -0.291. The van der Waals surface area contributed by atoms with Crippen molar-refractivity contribution in [1.82, 2.24) is 10.6 Å². The van der Waals surface area contributed by atoms with E-state index in [2.05, 4.69) is 10.6 Å². The van der Waals surface area contributed by atoms with Crippen molar-refractivity contribution in [3.63, 3.8) is 0 Å². The highest BCUT2D eigenvalue weighted by molar-refractivity contribution is 5.87. The third kappa shape index (κ3) is 8.67. The predicted octanol–water partition coefficient (Wildman–Crippen LogP) is 7.22. The molecule has 0 spiro atoms. The molecule has 206 valence electrons. The zero-order valence-electron chi connectivity index (χ0n) is 23.2. The Morgan fingerprint density at radius 3 is 0.925 bits per heavy atom. The van der Waals surface area contributed by atoms with Crippen molar-refractivity contribution in [1.29, 1.82) is 0 Å². The Balaban J connectivity index is 1.12. The molecule has 0 unspecified atom stereocenters. The first kappa shape index (κ1) is 28.8. The SMILES string of the molecule is O=C(NCCCCCCCCNC(=O)C(c1ccccc1)c1ccccc1)C(c1ccccc1)c1ccccc1. The molecule has 0 aliphatic carbocycles. The normalized spacial score (nSPS) is 10.9. The zero-order chi connectivity index (χ0) is 27.8. The molecule has 0 fully saturated rings. The van der Waals surface area contributed by atoms with Gasteiger partial charge in [0.25, 0.3) is 0 Å². The number of carbonyl (C=O) groups excluding carboxylic acids is 2. The second-order valence-corrected chi connectivity index (χ2v) is 10.2. The summed E-state index contributed by atoms with van der Waals surface area (Å²) in [5.74, 6) is -0.475. The van der Waals surface area contributed by atoms with E-state index in [1.807, 2.05) is 121 Å². The molecule has 4 heteroatoms. The van der Waals surface area contributed by atoms with E-state index < -0.39 is 0 Å². The fourth-order valence-electron chi connectivity index (χ4n) is 5.16. The van der Waals surface area contributed by atoms with E-state index in [4.69, 9.17) is 0 Å². The van der Waals surface area contributed by atoms with Crippen LogP contribution in [0.25, 0.3) is 0 Å². The van der Waals surface area contributed by atoms with Crippen LogP contribution in [0.2, 0.25) is 0 Å². The first-order chi connectivity index (χ1) is 19.7. The Morgan fingerprint density at radius 1 is 0.400 bits per heavy atom. The molecule has 4 nitrogen and oxygen atoms in total. The lowest BCUT2D eigenvalue weighted by molar-refractivity contribution is -0.122. The maximum absolute atomic E-state index is 13.1. The van der Waals surface area contributed by atoms with Gasteiger partial charge in [-0.2, -0.15) is 0 Å². The highest BCUT2D eigenvalue weighted by Gasteiger charge is 2.23. The molecule has 0 radical (unpaired) electrons. The molecule has 0 heterocycles. The van der Waals surface area contributed by atoms with Gasteiger partial charge in [0, 0.05) is 13.1 Å². The minimum absolute atomic E-state index is 0.0532. The highest BCUT2D eigenvalue weighted by atomic mass is 16.2. The van der Waals surface area contributed by atoms with Crippen molar-refractivity contribution in [3.8, 4) is 0 Å². The van der Waals surface area contributed by atoms with Crippen LogP contribution in [0, 0.1) is 0 Å². The molecule has 4 rings (SSSR count). The maximum Gasteiger partial charge on any atom is 0.232 e. The Kier molecular flexibility index (Phi) is 11.6. The van der Waals surface area contributed by atoms with E-state index in [0.29, 0.717) is 13.1 Å². The van der Waals surface area contributed by atoms with Crippen LogP contribution in [0.1, 0.15) is 72.6 Å². The molecule has 0 bridgehead atoms. The standard InChI is InChI=1S/C36H40N2O2/c39-35(33(29-19-9-5-10-20-29)30-21-11-6-12-22-30)37-27-17-3-1-2-4-18-28-38-36(40)34(31-23-13-7-14-24-31)32-25-15-8-16-26-32/h5-16,19-26,33-34H,1-4,17-18,27-28H2,(H,37,39)(H,38,40). The third-order valence-electron chi connectivity index (χ3n) is 7.26. The lowest BCUT2D eigenvalue weighted by atomic mass is 9.90. The van der Waals surface area contributed by atoms with Gasteiger partial charge in [0.15, 0.2) is 0 Å². The number of unbranched alkanes of at least 4 members (excludes halogenated alkanes) is 5.